The third-order valence-electron chi connectivity index (χ3n) is 7.13. The van der Waals surface area contributed by atoms with Gasteiger partial charge in [0.05, 0.1) is 12.2 Å². The number of primary amides is 1. The molecule has 3 heterocycles. The standard InChI is InChI=1S/C28H36F2N4O3/c1-28(2,30)18-33-13-10-19(11-14-33)17-37-25-9-7-21(16-32-25)20-6-8-22(23(29)15-20)27(36)34-12-4-3-5-24(34)26(31)35/h6-9,15-16,19,24H,3-5,10-14,17-18H2,1-2H3,(H2,31,35)/t24-/m1/s1. The predicted molar refractivity (Wildman–Crippen MR) is 137 cm³/mol. The molecule has 0 radical (unpaired) electrons. The molecule has 2 N–H and O–H groups in total. The number of piperidine rings is 2. The van der Waals surface area contributed by atoms with Crippen LogP contribution in [-0.2, 0) is 4.79 Å². The third-order valence-corrected chi connectivity index (χ3v) is 7.13. The molecule has 2 fully saturated rings. The number of alkyl halides is 1. The summed E-state index contributed by atoms with van der Waals surface area (Å²) in [6, 6.07) is 7.27. The minimum absolute atomic E-state index is 0.0778. The zero-order valence-corrected chi connectivity index (χ0v) is 21.6. The van der Waals surface area contributed by atoms with Crippen LogP contribution >= 0.6 is 0 Å². The van der Waals surface area contributed by atoms with Gasteiger partial charge in [-0.1, -0.05) is 6.07 Å². The van der Waals surface area contributed by atoms with Gasteiger partial charge in [0.25, 0.3) is 5.91 Å². The van der Waals surface area contributed by atoms with Gasteiger partial charge in [0, 0.05) is 30.9 Å². The SMILES string of the molecule is CC(C)(F)CN1CCC(COc2ccc(-c3ccc(C(=O)N4CCCC[C@@H]4C(N)=O)c(F)c3)cn2)CC1. The minimum Gasteiger partial charge on any atom is -0.477 e. The zero-order chi connectivity index (χ0) is 26.6. The minimum atomic E-state index is -1.19. The Balaban J connectivity index is 1.33. The van der Waals surface area contributed by atoms with Gasteiger partial charge >= 0.3 is 0 Å². The van der Waals surface area contributed by atoms with Crippen molar-refractivity contribution >= 4 is 11.8 Å². The summed E-state index contributed by atoms with van der Waals surface area (Å²) < 4.78 is 34.7. The summed E-state index contributed by atoms with van der Waals surface area (Å²) in [7, 11) is 0. The van der Waals surface area contributed by atoms with Crippen LogP contribution in [-0.4, -0.2) is 71.1 Å². The number of amides is 2. The van der Waals surface area contributed by atoms with E-state index < -0.39 is 29.3 Å². The maximum Gasteiger partial charge on any atom is 0.257 e. The molecule has 2 aliphatic rings. The average molecular weight is 515 g/mol. The summed E-state index contributed by atoms with van der Waals surface area (Å²) in [4.78, 5) is 32.6. The molecule has 1 atom stereocenters. The Bertz CT molecular complexity index is 1100. The van der Waals surface area contributed by atoms with Crippen LogP contribution in [0.25, 0.3) is 11.1 Å². The lowest BCUT2D eigenvalue weighted by molar-refractivity contribution is -0.123. The fourth-order valence-electron chi connectivity index (χ4n) is 5.18. The van der Waals surface area contributed by atoms with Crippen molar-refractivity contribution in [2.75, 3.05) is 32.8 Å². The fraction of sp³-hybridized carbons (Fsp3) is 0.536. The highest BCUT2D eigenvalue weighted by atomic mass is 19.1. The topological polar surface area (TPSA) is 88.8 Å². The quantitative estimate of drug-likeness (QED) is 0.570. The molecule has 200 valence electrons. The van der Waals surface area contributed by atoms with Gasteiger partial charge < -0.3 is 20.3 Å². The molecule has 2 aromatic rings. The molecule has 1 aromatic heterocycles. The zero-order valence-electron chi connectivity index (χ0n) is 21.6. The summed E-state index contributed by atoms with van der Waals surface area (Å²) >= 11 is 0. The maximum absolute atomic E-state index is 15.0. The number of pyridine rings is 1. The first-order chi connectivity index (χ1) is 17.6. The number of hydrogen-bond acceptors (Lipinski definition) is 5. The van der Waals surface area contributed by atoms with Gasteiger partial charge in [-0.3, -0.25) is 9.59 Å². The average Bonchev–Trinajstić information content (AvgIpc) is 2.87. The Morgan fingerprint density at radius 2 is 1.81 bits per heavy atom. The van der Waals surface area contributed by atoms with Crippen molar-refractivity contribution in [3.8, 4) is 17.0 Å². The Kier molecular flexibility index (Phi) is 8.42. The van der Waals surface area contributed by atoms with E-state index in [9.17, 15) is 18.4 Å². The Hall–Kier alpha value is -3.07. The highest BCUT2D eigenvalue weighted by Crippen LogP contribution is 2.26. The number of carbonyl (C=O) groups is 2. The normalized spacial score (nSPS) is 19.6. The smallest absolute Gasteiger partial charge is 0.257 e. The van der Waals surface area contributed by atoms with Crippen molar-refractivity contribution in [1.82, 2.24) is 14.8 Å². The molecule has 7 nitrogen and oxygen atoms in total. The van der Waals surface area contributed by atoms with Crippen molar-refractivity contribution in [2.24, 2.45) is 11.7 Å². The van der Waals surface area contributed by atoms with E-state index >= 15 is 0 Å². The molecule has 0 aliphatic carbocycles. The first kappa shape index (κ1) is 27.0. The molecule has 4 rings (SSSR count). The van der Waals surface area contributed by atoms with Crippen molar-refractivity contribution in [3.63, 3.8) is 0 Å². The summed E-state index contributed by atoms with van der Waals surface area (Å²) in [5, 5.41) is 0. The first-order valence-corrected chi connectivity index (χ1v) is 13.0. The van der Waals surface area contributed by atoms with Crippen molar-refractivity contribution in [1.29, 1.82) is 0 Å². The summed E-state index contributed by atoms with van der Waals surface area (Å²) in [6.45, 7) is 6.32. The molecule has 0 spiro atoms. The molecule has 1 aromatic carbocycles. The number of halogens is 2. The summed E-state index contributed by atoms with van der Waals surface area (Å²) in [6.07, 6.45) is 5.59. The monoisotopic (exact) mass is 514 g/mol. The van der Waals surface area contributed by atoms with Gasteiger partial charge in [-0.05, 0) is 88.7 Å². The van der Waals surface area contributed by atoms with Crippen molar-refractivity contribution in [3.05, 3.63) is 47.9 Å². The molecule has 2 amide bonds. The van der Waals surface area contributed by atoms with Crippen LogP contribution in [0.1, 0.15) is 56.3 Å². The number of carbonyl (C=O) groups excluding carboxylic acids is 2. The number of hydrogen-bond donors (Lipinski definition) is 1. The number of ether oxygens (including phenoxy) is 1. The van der Waals surface area contributed by atoms with Crippen LogP contribution in [0.5, 0.6) is 5.88 Å². The van der Waals surface area contributed by atoms with E-state index in [0.29, 0.717) is 49.0 Å². The number of aromatic nitrogens is 1. The third kappa shape index (κ3) is 7.03. The lowest BCUT2D eigenvalue weighted by Gasteiger charge is -2.34. The highest BCUT2D eigenvalue weighted by Gasteiger charge is 2.32. The number of rotatable bonds is 8. The Morgan fingerprint density at radius 1 is 1.08 bits per heavy atom. The van der Waals surface area contributed by atoms with Crippen LogP contribution in [0.3, 0.4) is 0 Å². The van der Waals surface area contributed by atoms with Gasteiger partial charge in [-0.15, -0.1) is 0 Å². The first-order valence-electron chi connectivity index (χ1n) is 13.0. The molecule has 2 saturated heterocycles. The highest BCUT2D eigenvalue weighted by molar-refractivity contribution is 5.98. The predicted octanol–water partition coefficient (Wildman–Crippen LogP) is 4.21. The number of benzene rings is 1. The van der Waals surface area contributed by atoms with Gasteiger partial charge in [-0.25, -0.2) is 13.8 Å². The Labute approximate surface area is 217 Å². The molecule has 37 heavy (non-hydrogen) atoms. The molecule has 2 aliphatic heterocycles. The van der Waals surface area contributed by atoms with E-state index in [-0.39, 0.29) is 5.56 Å². The van der Waals surface area contributed by atoms with Crippen LogP contribution in [0.4, 0.5) is 8.78 Å². The van der Waals surface area contributed by atoms with E-state index in [4.69, 9.17) is 10.5 Å². The number of nitrogens with zero attached hydrogens (tertiary/aromatic N) is 3. The molecular formula is C28H36F2N4O3. The van der Waals surface area contributed by atoms with E-state index in [0.717, 1.165) is 38.8 Å². The van der Waals surface area contributed by atoms with Crippen LogP contribution in [0, 0.1) is 11.7 Å². The van der Waals surface area contributed by atoms with Crippen LogP contribution < -0.4 is 10.5 Å². The van der Waals surface area contributed by atoms with Crippen LogP contribution in [0.15, 0.2) is 36.5 Å². The maximum atomic E-state index is 15.0. The second-order valence-corrected chi connectivity index (χ2v) is 10.7. The van der Waals surface area contributed by atoms with Crippen LogP contribution in [0.2, 0.25) is 0 Å². The van der Waals surface area contributed by atoms with Gasteiger partial charge in [-0.2, -0.15) is 0 Å². The summed E-state index contributed by atoms with van der Waals surface area (Å²) in [5.74, 6) is -0.850. The van der Waals surface area contributed by atoms with Crippen molar-refractivity contribution < 1.29 is 23.1 Å². The second-order valence-electron chi connectivity index (χ2n) is 10.7. The molecule has 0 saturated carbocycles. The van der Waals surface area contributed by atoms with E-state index in [1.165, 1.54) is 17.0 Å². The number of likely N-dealkylation sites (tertiary alicyclic amines) is 2. The van der Waals surface area contributed by atoms with Gasteiger partial charge in [0.15, 0.2) is 0 Å². The van der Waals surface area contributed by atoms with E-state index in [1.807, 2.05) is 0 Å². The van der Waals surface area contributed by atoms with Crippen molar-refractivity contribution in [2.45, 2.75) is 57.7 Å². The fourth-order valence-corrected chi connectivity index (χ4v) is 5.18. The van der Waals surface area contributed by atoms with E-state index in [1.54, 1.807) is 38.2 Å². The van der Waals surface area contributed by atoms with Gasteiger partial charge in [0.1, 0.15) is 17.5 Å². The molecular weight excluding hydrogens is 478 g/mol. The summed E-state index contributed by atoms with van der Waals surface area (Å²) in [5.41, 5.74) is 5.47. The molecule has 9 heteroatoms. The molecule has 0 unspecified atom stereocenters. The Morgan fingerprint density at radius 3 is 2.43 bits per heavy atom. The molecule has 0 bridgehead atoms. The van der Waals surface area contributed by atoms with E-state index in [2.05, 4.69) is 9.88 Å². The van der Waals surface area contributed by atoms with Gasteiger partial charge in [0.2, 0.25) is 11.8 Å². The second kappa shape index (κ2) is 11.5. The lowest BCUT2D eigenvalue weighted by Crippen LogP contribution is -2.50. The largest absolute Gasteiger partial charge is 0.477 e. The lowest BCUT2D eigenvalue weighted by atomic mass is 9.97. The number of nitrogens with two attached hydrogens (primary N) is 1.